The maximum atomic E-state index is 5.75. The van der Waals surface area contributed by atoms with E-state index < -0.39 is 0 Å². The largest absolute Gasteiger partial charge is 0.420 e. The molecule has 1 aliphatic rings. The summed E-state index contributed by atoms with van der Waals surface area (Å²) < 4.78 is 11.1. The minimum atomic E-state index is 0.262. The molecule has 1 fully saturated rings. The highest BCUT2D eigenvalue weighted by molar-refractivity contribution is 5.55. The third kappa shape index (κ3) is 2.04. The number of ether oxygens (including phenoxy) is 1. The number of benzene rings is 1. The highest BCUT2D eigenvalue weighted by Gasteiger charge is 2.23. The van der Waals surface area contributed by atoms with E-state index in [-0.39, 0.29) is 5.92 Å². The van der Waals surface area contributed by atoms with Crippen molar-refractivity contribution in [2.24, 2.45) is 0 Å². The Morgan fingerprint density at radius 2 is 2.06 bits per heavy atom. The molecule has 94 valence electrons. The van der Waals surface area contributed by atoms with Gasteiger partial charge in [0.15, 0.2) is 0 Å². The molecule has 0 saturated carbocycles. The Balaban J connectivity index is 1.89. The smallest absolute Gasteiger partial charge is 0.247 e. The van der Waals surface area contributed by atoms with Crippen LogP contribution in [-0.2, 0) is 4.74 Å². The number of aryl methyl sites for hydroxylation is 2. The van der Waals surface area contributed by atoms with Crippen molar-refractivity contribution in [2.45, 2.75) is 26.2 Å². The second-order valence-electron chi connectivity index (χ2n) is 4.81. The van der Waals surface area contributed by atoms with Crippen molar-refractivity contribution >= 4 is 0 Å². The van der Waals surface area contributed by atoms with Gasteiger partial charge in [-0.25, -0.2) is 0 Å². The first-order chi connectivity index (χ1) is 8.74. The van der Waals surface area contributed by atoms with Gasteiger partial charge in [-0.2, -0.15) is 0 Å². The monoisotopic (exact) mass is 244 g/mol. The summed E-state index contributed by atoms with van der Waals surface area (Å²) in [7, 11) is 0. The number of hydrogen-bond donors (Lipinski definition) is 0. The van der Waals surface area contributed by atoms with E-state index in [1.807, 2.05) is 6.07 Å². The quantitative estimate of drug-likeness (QED) is 0.815. The summed E-state index contributed by atoms with van der Waals surface area (Å²) in [6.07, 6.45) is 0.967. The summed E-state index contributed by atoms with van der Waals surface area (Å²) >= 11 is 0. The standard InChI is InChI=1S/C14H16N2O2/c1-9-3-4-11(7-10(9)2)13-15-16-14(18-13)12-5-6-17-8-12/h3-4,7,12H,5-6,8H2,1-2H3. The summed E-state index contributed by atoms with van der Waals surface area (Å²) in [6.45, 7) is 5.65. The van der Waals surface area contributed by atoms with Crippen LogP contribution in [0.5, 0.6) is 0 Å². The summed E-state index contributed by atoms with van der Waals surface area (Å²) in [5.74, 6) is 1.55. The van der Waals surface area contributed by atoms with Gasteiger partial charge < -0.3 is 9.15 Å². The lowest BCUT2D eigenvalue weighted by Crippen LogP contribution is -1.97. The Hall–Kier alpha value is -1.68. The third-order valence-corrected chi connectivity index (χ3v) is 3.47. The molecule has 1 atom stereocenters. The zero-order valence-corrected chi connectivity index (χ0v) is 10.6. The molecule has 1 aromatic carbocycles. The lowest BCUT2D eigenvalue weighted by Gasteiger charge is -2.02. The molecule has 18 heavy (non-hydrogen) atoms. The van der Waals surface area contributed by atoms with Gasteiger partial charge in [-0.3, -0.25) is 0 Å². The molecule has 2 aromatic rings. The van der Waals surface area contributed by atoms with Crippen LogP contribution >= 0.6 is 0 Å². The van der Waals surface area contributed by atoms with Crippen LogP contribution in [0.2, 0.25) is 0 Å². The normalized spacial score (nSPS) is 19.3. The van der Waals surface area contributed by atoms with Crippen molar-refractivity contribution in [1.82, 2.24) is 10.2 Å². The first-order valence-corrected chi connectivity index (χ1v) is 6.23. The van der Waals surface area contributed by atoms with Gasteiger partial charge in [-0.15, -0.1) is 10.2 Å². The van der Waals surface area contributed by atoms with Gasteiger partial charge in [0, 0.05) is 12.2 Å². The van der Waals surface area contributed by atoms with E-state index in [2.05, 4.69) is 36.2 Å². The molecule has 1 aliphatic heterocycles. The average molecular weight is 244 g/mol. The van der Waals surface area contributed by atoms with Crippen LogP contribution < -0.4 is 0 Å². The molecule has 4 heteroatoms. The molecule has 0 spiro atoms. The molecule has 1 saturated heterocycles. The molecule has 0 aliphatic carbocycles. The van der Waals surface area contributed by atoms with Crippen molar-refractivity contribution < 1.29 is 9.15 Å². The van der Waals surface area contributed by atoms with Gasteiger partial charge in [-0.05, 0) is 43.5 Å². The predicted molar refractivity (Wildman–Crippen MR) is 67.4 cm³/mol. The van der Waals surface area contributed by atoms with Crippen molar-refractivity contribution in [1.29, 1.82) is 0 Å². The number of hydrogen-bond acceptors (Lipinski definition) is 4. The Morgan fingerprint density at radius 1 is 1.17 bits per heavy atom. The Labute approximate surface area is 106 Å². The van der Waals surface area contributed by atoms with Gasteiger partial charge >= 0.3 is 0 Å². The molecule has 0 radical (unpaired) electrons. The van der Waals surface area contributed by atoms with Gasteiger partial charge in [0.05, 0.1) is 12.5 Å². The van der Waals surface area contributed by atoms with Crippen LogP contribution in [-0.4, -0.2) is 23.4 Å². The topological polar surface area (TPSA) is 48.2 Å². The van der Waals surface area contributed by atoms with Gasteiger partial charge in [-0.1, -0.05) is 6.07 Å². The van der Waals surface area contributed by atoms with Gasteiger partial charge in [0.2, 0.25) is 11.8 Å². The second kappa shape index (κ2) is 4.53. The SMILES string of the molecule is Cc1ccc(-c2nnc(C3CCOC3)o2)cc1C. The minimum absolute atomic E-state index is 0.262. The maximum Gasteiger partial charge on any atom is 0.247 e. The molecule has 4 nitrogen and oxygen atoms in total. The number of rotatable bonds is 2. The zero-order chi connectivity index (χ0) is 12.5. The molecular formula is C14H16N2O2. The molecule has 3 rings (SSSR count). The Morgan fingerprint density at radius 3 is 2.78 bits per heavy atom. The Bertz CT molecular complexity index is 557. The highest BCUT2D eigenvalue weighted by Crippen LogP contribution is 2.27. The van der Waals surface area contributed by atoms with Crippen molar-refractivity contribution in [3.63, 3.8) is 0 Å². The lowest BCUT2D eigenvalue weighted by atomic mass is 10.1. The van der Waals surface area contributed by atoms with Crippen LogP contribution in [0.4, 0.5) is 0 Å². The number of nitrogens with zero attached hydrogens (tertiary/aromatic N) is 2. The Kier molecular flexibility index (Phi) is 2.88. The third-order valence-electron chi connectivity index (χ3n) is 3.47. The average Bonchev–Trinajstić information content (AvgIpc) is 3.01. The van der Waals surface area contributed by atoms with E-state index in [4.69, 9.17) is 9.15 Å². The molecule has 0 N–H and O–H groups in total. The fourth-order valence-corrected chi connectivity index (χ4v) is 2.12. The lowest BCUT2D eigenvalue weighted by molar-refractivity contribution is 0.191. The minimum Gasteiger partial charge on any atom is -0.420 e. The second-order valence-corrected chi connectivity index (χ2v) is 4.81. The fourth-order valence-electron chi connectivity index (χ4n) is 2.12. The van der Waals surface area contributed by atoms with E-state index in [1.54, 1.807) is 0 Å². The van der Waals surface area contributed by atoms with Crippen molar-refractivity contribution in [3.05, 3.63) is 35.2 Å². The molecular weight excluding hydrogens is 228 g/mol. The molecule has 2 heterocycles. The maximum absolute atomic E-state index is 5.75. The van der Waals surface area contributed by atoms with E-state index in [0.29, 0.717) is 18.4 Å². The summed E-state index contributed by atoms with van der Waals surface area (Å²) in [5.41, 5.74) is 3.48. The van der Waals surface area contributed by atoms with Crippen LogP contribution in [0, 0.1) is 13.8 Å². The molecule has 0 bridgehead atoms. The molecule has 1 aromatic heterocycles. The number of aromatic nitrogens is 2. The van der Waals surface area contributed by atoms with Gasteiger partial charge in [0.25, 0.3) is 0 Å². The first kappa shape index (κ1) is 11.4. The van der Waals surface area contributed by atoms with Crippen molar-refractivity contribution in [3.8, 4) is 11.5 Å². The van der Waals surface area contributed by atoms with Crippen LogP contribution in [0.1, 0.15) is 29.4 Å². The van der Waals surface area contributed by atoms with Crippen LogP contribution in [0.25, 0.3) is 11.5 Å². The summed E-state index contributed by atoms with van der Waals surface area (Å²) in [4.78, 5) is 0. The summed E-state index contributed by atoms with van der Waals surface area (Å²) in [5, 5.41) is 8.26. The summed E-state index contributed by atoms with van der Waals surface area (Å²) in [6, 6.07) is 6.18. The zero-order valence-electron chi connectivity index (χ0n) is 10.6. The van der Waals surface area contributed by atoms with E-state index >= 15 is 0 Å². The van der Waals surface area contributed by atoms with Gasteiger partial charge in [0.1, 0.15) is 0 Å². The molecule has 1 unspecified atom stereocenters. The van der Waals surface area contributed by atoms with Crippen molar-refractivity contribution in [2.75, 3.05) is 13.2 Å². The molecule has 0 amide bonds. The van der Waals surface area contributed by atoms with E-state index in [9.17, 15) is 0 Å². The van der Waals surface area contributed by atoms with E-state index in [0.717, 1.165) is 18.6 Å². The van der Waals surface area contributed by atoms with Crippen LogP contribution in [0.15, 0.2) is 22.6 Å². The first-order valence-electron chi connectivity index (χ1n) is 6.23. The highest BCUT2D eigenvalue weighted by atomic mass is 16.5. The predicted octanol–water partition coefficient (Wildman–Crippen LogP) is 2.86. The fraction of sp³-hybridized carbons (Fsp3) is 0.429. The van der Waals surface area contributed by atoms with Crippen LogP contribution in [0.3, 0.4) is 0 Å². The van der Waals surface area contributed by atoms with E-state index in [1.165, 1.54) is 11.1 Å².